The van der Waals surface area contributed by atoms with E-state index in [1.165, 1.54) is 16.9 Å². The Morgan fingerprint density at radius 2 is 1.71 bits per heavy atom. The zero-order chi connectivity index (χ0) is 24.0. The number of aromatic amines is 1. The Morgan fingerprint density at radius 1 is 1.00 bits per heavy atom. The number of nitrogens with zero attached hydrogens (tertiary/aromatic N) is 2. The van der Waals surface area contributed by atoms with Gasteiger partial charge in [-0.05, 0) is 42.4 Å². The molecule has 2 heterocycles. The molecule has 7 heteroatoms. The predicted molar refractivity (Wildman–Crippen MR) is 140 cm³/mol. The van der Waals surface area contributed by atoms with Crippen molar-refractivity contribution < 1.29 is 9.84 Å². The van der Waals surface area contributed by atoms with Gasteiger partial charge in [0.05, 0.1) is 31.2 Å². The SMILES string of the molecule is O=c1[nH]c(CN(Cc2ccccc2)C[C@H](O)COCc2ccccc2)nc2sc3c(c12)CCCC3. The first-order chi connectivity index (χ1) is 17.2. The molecule has 35 heavy (non-hydrogen) atoms. The number of hydrogen-bond acceptors (Lipinski definition) is 6. The quantitative estimate of drug-likeness (QED) is 0.344. The molecule has 5 rings (SSSR count). The van der Waals surface area contributed by atoms with Gasteiger partial charge in [0.25, 0.3) is 5.56 Å². The lowest BCUT2D eigenvalue weighted by Crippen LogP contribution is -2.35. The molecule has 0 fully saturated rings. The van der Waals surface area contributed by atoms with Crippen LogP contribution in [0.3, 0.4) is 0 Å². The van der Waals surface area contributed by atoms with Crippen LogP contribution in [0.1, 0.15) is 40.2 Å². The molecule has 1 aliphatic rings. The molecular weight excluding hydrogens is 458 g/mol. The van der Waals surface area contributed by atoms with Crippen LogP contribution in [0.2, 0.25) is 0 Å². The summed E-state index contributed by atoms with van der Waals surface area (Å²) in [4.78, 5) is 25.1. The Balaban J connectivity index is 1.30. The van der Waals surface area contributed by atoms with Gasteiger partial charge in [0, 0.05) is 18.0 Å². The average molecular weight is 490 g/mol. The number of rotatable bonds is 10. The van der Waals surface area contributed by atoms with Crippen LogP contribution in [-0.2, 0) is 37.3 Å². The molecule has 0 saturated heterocycles. The molecular formula is C28H31N3O3S. The third-order valence-corrected chi connectivity index (χ3v) is 7.57. The molecule has 6 nitrogen and oxygen atoms in total. The van der Waals surface area contributed by atoms with Gasteiger partial charge in [0.1, 0.15) is 10.7 Å². The number of aliphatic hydroxyl groups excluding tert-OH is 1. The summed E-state index contributed by atoms with van der Waals surface area (Å²) >= 11 is 1.66. The summed E-state index contributed by atoms with van der Waals surface area (Å²) in [6, 6.07) is 20.1. The normalized spacial score (nSPS) is 14.3. The number of benzene rings is 2. The van der Waals surface area contributed by atoms with Crippen molar-refractivity contribution in [3.05, 3.63) is 98.4 Å². The van der Waals surface area contributed by atoms with E-state index in [9.17, 15) is 9.90 Å². The number of hydrogen-bond donors (Lipinski definition) is 2. The maximum Gasteiger partial charge on any atom is 0.259 e. The van der Waals surface area contributed by atoms with Gasteiger partial charge >= 0.3 is 0 Å². The summed E-state index contributed by atoms with van der Waals surface area (Å²) < 4.78 is 5.76. The first-order valence-electron chi connectivity index (χ1n) is 12.2. The largest absolute Gasteiger partial charge is 0.389 e. The van der Waals surface area contributed by atoms with Crippen LogP contribution < -0.4 is 5.56 Å². The lowest BCUT2D eigenvalue weighted by molar-refractivity contribution is 0.00673. The summed E-state index contributed by atoms with van der Waals surface area (Å²) in [7, 11) is 0. The highest BCUT2D eigenvalue weighted by Gasteiger charge is 2.21. The maximum absolute atomic E-state index is 13.0. The Labute approximate surface area is 209 Å². The van der Waals surface area contributed by atoms with Gasteiger partial charge in [0.15, 0.2) is 0 Å². The van der Waals surface area contributed by atoms with E-state index in [2.05, 4.69) is 22.0 Å². The Kier molecular flexibility index (Phi) is 7.69. The Bertz CT molecular complexity index is 1300. The van der Waals surface area contributed by atoms with Crippen LogP contribution in [0.15, 0.2) is 65.5 Å². The van der Waals surface area contributed by atoms with Crippen LogP contribution >= 0.6 is 11.3 Å². The lowest BCUT2D eigenvalue weighted by Gasteiger charge is -2.25. The molecule has 0 saturated carbocycles. The van der Waals surface area contributed by atoms with E-state index in [0.29, 0.717) is 32.1 Å². The number of nitrogens with one attached hydrogen (secondary N) is 1. The van der Waals surface area contributed by atoms with Crippen molar-refractivity contribution in [1.82, 2.24) is 14.9 Å². The fourth-order valence-corrected chi connectivity index (χ4v) is 6.04. The van der Waals surface area contributed by atoms with Gasteiger partial charge in [-0.25, -0.2) is 4.98 Å². The highest BCUT2D eigenvalue weighted by Crippen LogP contribution is 2.33. The number of thiophene rings is 1. The molecule has 0 spiro atoms. The number of aryl methyl sites for hydroxylation is 2. The monoisotopic (exact) mass is 489 g/mol. The fourth-order valence-electron chi connectivity index (χ4n) is 4.76. The second-order valence-electron chi connectivity index (χ2n) is 9.21. The van der Waals surface area contributed by atoms with Crippen molar-refractivity contribution in [2.45, 2.75) is 51.5 Å². The van der Waals surface area contributed by atoms with E-state index in [1.807, 2.05) is 48.5 Å². The molecule has 182 valence electrons. The minimum Gasteiger partial charge on any atom is -0.389 e. The molecule has 2 N–H and O–H groups in total. The fraction of sp³-hybridized carbons (Fsp3) is 0.357. The predicted octanol–water partition coefficient (Wildman–Crippen LogP) is 4.44. The molecule has 0 amide bonds. The zero-order valence-electron chi connectivity index (χ0n) is 19.8. The van der Waals surface area contributed by atoms with Crippen LogP contribution in [0.5, 0.6) is 0 Å². The molecule has 0 radical (unpaired) electrons. The average Bonchev–Trinajstić information content (AvgIpc) is 3.24. The van der Waals surface area contributed by atoms with E-state index in [-0.39, 0.29) is 12.2 Å². The van der Waals surface area contributed by atoms with E-state index in [1.54, 1.807) is 11.3 Å². The number of ether oxygens (including phenoxy) is 1. The van der Waals surface area contributed by atoms with Crippen molar-refractivity contribution in [3.63, 3.8) is 0 Å². The van der Waals surface area contributed by atoms with Gasteiger partial charge in [-0.1, -0.05) is 60.7 Å². The minimum absolute atomic E-state index is 0.0456. The van der Waals surface area contributed by atoms with Crippen LogP contribution in [0.4, 0.5) is 0 Å². The molecule has 0 bridgehead atoms. The minimum atomic E-state index is -0.660. The molecule has 4 aromatic rings. The summed E-state index contributed by atoms with van der Waals surface area (Å²) in [6.07, 6.45) is 3.66. The first-order valence-corrected chi connectivity index (χ1v) is 13.1. The molecule has 0 aliphatic heterocycles. The number of fused-ring (bicyclic) bond motifs is 3. The summed E-state index contributed by atoms with van der Waals surface area (Å²) in [5, 5.41) is 11.5. The van der Waals surface area contributed by atoms with E-state index in [0.717, 1.165) is 40.6 Å². The maximum atomic E-state index is 13.0. The Hall–Kier alpha value is -2.84. The van der Waals surface area contributed by atoms with Gasteiger partial charge in [-0.15, -0.1) is 11.3 Å². The number of H-pyrrole nitrogens is 1. The zero-order valence-corrected chi connectivity index (χ0v) is 20.6. The first kappa shape index (κ1) is 23.9. The second-order valence-corrected chi connectivity index (χ2v) is 10.3. The third kappa shape index (κ3) is 6.05. The van der Waals surface area contributed by atoms with Gasteiger partial charge in [-0.3, -0.25) is 9.69 Å². The van der Waals surface area contributed by atoms with E-state index in [4.69, 9.17) is 9.72 Å². The summed E-state index contributed by atoms with van der Waals surface area (Å²) in [5.41, 5.74) is 3.37. The van der Waals surface area contributed by atoms with Crippen LogP contribution in [0.25, 0.3) is 10.2 Å². The highest BCUT2D eigenvalue weighted by molar-refractivity contribution is 7.18. The van der Waals surface area contributed by atoms with Crippen molar-refractivity contribution >= 4 is 21.6 Å². The molecule has 1 aliphatic carbocycles. The third-order valence-electron chi connectivity index (χ3n) is 6.39. The second kappa shape index (κ2) is 11.3. The lowest BCUT2D eigenvalue weighted by atomic mass is 9.97. The summed E-state index contributed by atoms with van der Waals surface area (Å²) in [6.45, 7) is 2.19. The van der Waals surface area contributed by atoms with Crippen molar-refractivity contribution in [3.8, 4) is 0 Å². The van der Waals surface area contributed by atoms with Crippen LogP contribution in [0, 0.1) is 0 Å². The standard InChI is InChI=1S/C28H31N3O3S/c32-22(19-34-18-21-11-5-2-6-12-21)16-31(15-20-9-3-1-4-10-20)17-25-29-27(33)26-23-13-7-8-14-24(23)35-28(26)30-25/h1-6,9-12,22,32H,7-8,13-19H2,(H,29,30,33)/t22-/m0/s1. The Morgan fingerprint density at radius 3 is 2.49 bits per heavy atom. The smallest absolute Gasteiger partial charge is 0.259 e. The summed E-state index contributed by atoms with van der Waals surface area (Å²) in [5.74, 6) is 0.634. The van der Waals surface area contributed by atoms with Crippen molar-refractivity contribution in [1.29, 1.82) is 0 Å². The number of aromatic nitrogens is 2. The van der Waals surface area contributed by atoms with E-state index >= 15 is 0 Å². The highest BCUT2D eigenvalue weighted by atomic mass is 32.1. The van der Waals surface area contributed by atoms with Crippen molar-refractivity contribution in [2.75, 3.05) is 13.2 Å². The molecule has 2 aromatic carbocycles. The van der Waals surface area contributed by atoms with Gasteiger partial charge in [-0.2, -0.15) is 0 Å². The topological polar surface area (TPSA) is 78.5 Å². The van der Waals surface area contributed by atoms with Crippen molar-refractivity contribution in [2.24, 2.45) is 0 Å². The molecule has 1 atom stereocenters. The molecule has 0 unspecified atom stereocenters. The molecule has 2 aromatic heterocycles. The van der Waals surface area contributed by atoms with Crippen LogP contribution in [-0.4, -0.2) is 39.2 Å². The van der Waals surface area contributed by atoms with Gasteiger partial charge < -0.3 is 14.8 Å². The number of aliphatic hydroxyl groups is 1. The van der Waals surface area contributed by atoms with Gasteiger partial charge in [0.2, 0.25) is 0 Å². The van der Waals surface area contributed by atoms with E-state index < -0.39 is 6.10 Å².